The SMILES string of the molecule is Cc1ccc2c(c1)[nH]c(=S)n2CCS(C)=O. The van der Waals surface area contributed by atoms with Gasteiger partial charge in [0, 0.05) is 29.4 Å². The van der Waals surface area contributed by atoms with Gasteiger partial charge in [-0.05, 0) is 36.8 Å². The number of rotatable bonds is 3. The van der Waals surface area contributed by atoms with Gasteiger partial charge in [0.15, 0.2) is 4.77 Å². The lowest BCUT2D eigenvalue weighted by molar-refractivity contribution is 0.678. The van der Waals surface area contributed by atoms with Gasteiger partial charge in [0.1, 0.15) is 0 Å². The summed E-state index contributed by atoms with van der Waals surface area (Å²) in [6, 6.07) is 6.18. The number of aromatic amines is 1. The van der Waals surface area contributed by atoms with Crippen molar-refractivity contribution in [2.75, 3.05) is 12.0 Å². The van der Waals surface area contributed by atoms with E-state index in [1.54, 1.807) is 6.26 Å². The molecule has 0 saturated heterocycles. The van der Waals surface area contributed by atoms with Crippen LogP contribution in [0, 0.1) is 11.7 Å². The van der Waals surface area contributed by atoms with Crippen molar-refractivity contribution in [3.8, 4) is 0 Å². The lowest BCUT2D eigenvalue weighted by Gasteiger charge is -2.02. The van der Waals surface area contributed by atoms with Crippen LogP contribution in [-0.4, -0.2) is 25.8 Å². The van der Waals surface area contributed by atoms with Crippen molar-refractivity contribution in [1.82, 2.24) is 9.55 Å². The molecule has 1 heterocycles. The molecular weight excluding hydrogens is 240 g/mol. The number of nitrogens with zero attached hydrogens (tertiary/aromatic N) is 1. The molecule has 1 unspecified atom stereocenters. The van der Waals surface area contributed by atoms with Crippen LogP contribution in [0.2, 0.25) is 0 Å². The van der Waals surface area contributed by atoms with Gasteiger partial charge in [-0.25, -0.2) is 0 Å². The first-order valence-electron chi connectivity index (χ1n) is 5.07. The van der Waals surface area contributed by atoms with Gasteiger partial charge in [0.25, 0.3) is 0 Å². The summed E-state index contributed by atoms with van der Waals surface area (Å²) in [6.45, 7) is 2.75. The fourth-order valence-electron chi connectivity index (χ4n) is 1.72. The molecule has 1 N–H and O–H groups in total. The predicted molar refractivity (Wildman–Crippen MR) is 70.8 cm³/mol. The van der Waals surface area contributed by atoms with Crippen molar-refractivity contribution >= 4 is 34.1 Å². The van der Waals surface area contributed by atoms with E-state index < -0.39 is 10.8 Å². The van der Waals surface area contributed by atoms with Crippen molar-refractivity contribution in [3.05, 3.63) is 28.5 Å². The Morgan fingerprint density at radius 2 is 2.25 bits per heavy atom. The molecule has 0 bridgehead atoms. The average molecular weight is 254 g/mol. The lowest BCUT2D eigenvalue weighted by Crippen LogP contribution is -2.06. The molecule has 0 amide bonds. The number of hydrogen-bond acceptors (Lipinski definition) is 2. The van der Waals surface area contributed by atoms with Gasteiger partial charge in [0.2, 0.25) is 0 Å². The van der Waals surface area contributed by atoms with E-state index in [4.69, 9.17) is 12.2 Å². The van der Waals surface area contributed by atoms with E-state index in [9.17, 15) is 4.21 Å². The number of imidazole rings is 1. The van der Waals surface area contributed by atoms with Gasteiger partial charge in [-0.1, -0.05) is 6.07 Å². The zero-order valence-corrected chi connectivity index (χ0v) is 11.0. The smallest absolute Gasteiger partial charge is 0.178 e. The van der Waals surface area contributed by atoms with Crippen molar-refractivity contribution in [2.45, 2.75) is 13.5 Å². The van der Waals surface area contributed by atoms with E-state index in [1.165, 1.54) is 5.56 Å². The topological polar surface area (TPSA) is 37.8 Å². The summed E-state index contributed by atoms with van der Waals surface area (Å²) in [5, 5.41) is 0. The Kier molecular flexibility index (Phi) is 3.25. The summed E-state index contributed by atoms with van der Waals surface area (Å²) in [5.41, 5.74) is 3.34. The molecule has 0 radical (unpaired) electrons. The molecule has 2 rings (SSSR count). The van der Waals surface area contributed by atoms with Gasteiger partial charge in [0.05, 0.1) is 11.0 Å². The van der Waals surface area contributed by atoms with E-state index in [0.717, 1.165) is 11.0 Å². The number of benzene rings is 1. The van der Waals surface area contributed by atoms with Gasteiger partial charge in [-0.2, -0.15) is 0 Å². The number of hydrogen-bond donors (Lipinski definition) is 1. The van der Waals surface area contributed by atoms with Gasteiger partial charge < -0.3 is 9.55 Å². The highest BCUT2D eigenvalue weighted by atomic mass is 32.2. The zero-order valence-electron chi connectivity index (χ0n) is 9.32. The third kappa shape index (κ3) is 2.25. The Bertz CT molecular complexity index is 598. The van der Waals surface area contributed by atoms with Crippen molar-refractivity contribution < 1.29 is 4.21 Å². The largest absolute Gasteiger partial charge is 0.331 e. The summed E-state index contributed by atoms with van der Waals surface area (Å²) >= 11 is 5.26. The molecule has 0 aliphatic rings. The maximum Gasteiger partial charge on any atom is 0.178 e. The van der Waals surface area contributed by atoms with Gasteiger partial charge in [-0.3, -0.25) is 4.21 Å². The predicted octanol–water partition coefficient (Wildman–Crippen LogP) is 2.39. The van der Waals surface area contributed by atoms with Crippen LogP contribution in [0.25, 0.3) is 11.0 Å². The third-order valence-electron chi connectivity index (χ3n) is 2.53. The number of H-pyrrole nitrogens is 1. The van der Waals surface area contributed by atoms with Gasteiger partial charge in [-0.15, -0.1) is 0 Å². The van der Waals surface area contributed by atoms with Crippen LogP contribution in [0.3, 0.4) is 0 Å². The van der Waals surface area contributed by atoms with Crippen LogP contribution in [0.1, 0.15) is 5.56 Å². The first-order valence-corrected chi connectivity index (χ1v) is 7.20. The number of aryl methyl sites for hydroxylation is 2. The fraction of sp³-hybridized carbons (Fsp3) is 0.364. The molecule has 0 saturated carbocycles. The maximum absolute atomic E-state index is 11.1. The molecule has 0 aliphatic heterocycles. The van der Waals surface area contributed by atoms with Crippen LogP contribution in [0.15, 0.2) is 18.2 Å². The minimum Gasteiger partial charge on any atom is -0.331 e. The van der Waals surface area contributed by atoms with Crippen molar-refractivity contribution in [2.24, 2.45) is 0 Å². The average Bonchev–Trinajstić information content (AvgIpc) is 2.50. The second kappa shape index (κ2) is 4.51. The summed E-state index contributed by atoms with van der Waals surface area (Å²) in [5.74, 6) is 0.634. The van der Waals surface area contributed by atoms with E-state index in [1.807, 2.05) is 4.57 Å². The number of fused-ring (bicyclic) bond motifs is 1. The molecule has 0 aliphatic carbocycles. The van der Waals surface area contributed by atoms with E-state index in [2.05, 4.69) is 30.1 Å². The number of aromatic nitrogens is 2. The van der Waals surface area contributed by atoms with E-state index in [-0.39, 0.29) is 0 Å². The maximum atomic E-state index is 11.1. The summed E-state index contributed by atoms with van der Waals surface area (Å²) in [4.78, 5) is 3.17. The quantitative estimate of drug-likeness (QED) is 0.854. The molecule has 0 fully saturated rings. The highest BCUT2D eigenvalue weighted by Crippen LogP contribution is 2.15. The Labute approximate surface area is 102 Å². The molecule has 0 spiro atoms. The zero-order chi connectivity index (χ0) is 11.7. The second-order valence-corrected chi connectivity index (χ2v) is 5.82. The number of nitrogens with one attached hydrogen (secondary N) is 1. The molecular formula is C11H14N2OS2. The molecule has 1 aromatic heterocycles. The van der Waals surface area contributed by atoms with Crippen molar-refractivity contribution in [1.29, 1.82) is 0 Å². The summed E-state index contributed by atoms with van der Waals surface area (Å²) in [7, 11) is -0.787. The van der Waals surface area contributed by atoms with E-state index >= 15 is 0 Å². The van der Waals surface area contributed by atoms with Crippen LogP contribution < -0.4 is 0 Å². The Hall–Kier alpha value is -0.940. The minimum atomic E-state index is -0.787. The first kappa shape index (κ1) is 11.5. The highest BCUT2D eigenvalue weighted by Gasteiger charge is 2.04. The third-order valence-corrected chi connectivity index (χ3v) is 3.61. The van der Waals surface area contributed by atoms with Crippen LogP contribution >= 0.6 is 12.2 Å². The fourth-order valence-corrected chi connectivity index (χ4v) is 2.46. The van der Waals surface area contributed by atoms with Gasteiger partial charge >= 0.3 is 0 Å². The summed E-state index contributed by atoms with van der Waals surface area (Å²) < 4.78 is 13.8. The molecule has 2 aromatic rings. The highest BCUT2D eigenvalue weighted by molar-refractivity contribution is 7.84. The molecule has 1 atom stereocenters. The first-order chi connectivity index (χ1) is 7.58. The van der Waals surface area contributed by atoms with Crippen LogP contribution in [-0.2, 0) is 17.3 Å². The summed E-state index contributed by atoms with van der Waals surface area (Å²) in [6.07, 6.45) is 1.71. The second-order valence-electron chi connectivity index (χ2n) is 3.88. The minimum absolute atomic E-state index is 0.634. The molecule has 16 heavy (non-hydrogen) atoms. The Morgan fingerprint density at radius 3 is 2.94 bits per heavy atom. The molecule has 1 aromatic carbocycles. The van der Waals surface area contributed by atoms with Crippen LogP contribution in [0.5, 0.6) is 0 Å². The normalized spacial score (nSPS) is 13.1. The molecule has 3 nitrogen and oxygen atoms in total. The lowest BCUT2D eigenvalue weighted by atomic mass is 10.2. The van der Waals surface area contributed by atoms with Crippen LogP contribution in [0.4, 0.5) is 0 Å². The molecule has 5 heteroatoms. The van der Waals surface area contributed by atoms with Crippen molar-refractivity contribution in [3.63, 3.8) is 0 Å². The Morgan fingerprint density at radius 1 is 1.50 bits per heavy atom. The Balaban J connectivity index is 2.48. The standard InChI is InChI=1S/C11H14N2OS2/c1-8-3-4-10-9(7-8)12-11(15)13(10)5-6-16(2)14/h3-4,7H,5-6H2,1-2H3,(H,12,15). The molecule has 86 valence electrons. The van der Waals surface area contributed by atoms with E-state index in [0.29, 0.717) is 17.1 Å². The monoisotopic (exact) mass is 254 g/mol.